The number of hydrogen-bond acceptors (Lipinski definition) is 7. The van der Waals surface area contributed by atoms with Crippen molar-refractivity contribution in [2.24, 2.45) is 0 Å². The van der Waals surface area contributed by atoms with Gasteiger partial charge in [-0.05, 0) is 31.2 Å². The van der Waals surface area contributed by atoms with E-state index >= 15 is 0 Å². The molecule has 0 unspecified atom stereocenters. The molecular formula is C17H20N4O4. The summed E-state index contributed by atoms with van der Waals surface area (Å²) in [6, 6.07) is 7.96. The summed E-state index contributed by atoms with van der Waals surface area (Å²) < 4.78 is 9.60. The van der Waals surface area contributed by atoms with Crippen molar-refractivity contribution in [1.29, 1.82) is 0 Å². The van der Waals surface area contributed by atoms with Gasteiger partial charge in [-0.2, -0.15) is 0 Å². The van der Waals surface area contributed by atoms with Crippen LogP contribution in [0, 0.1) is 6.92 Å². The van der Waals surface area contributed by atoms with Crippen LogP contribution in [0.15, 0.2) is 30.3 Å². The van der Waals surface area contributed by atoms with Crippen molar-refractivity contribution in [2.45, 2.75) is 6.92 Å². The number of benzene rings is 1. The number of carbonyl (C=O) groups excluding carboxylic acids is 2. The molecule has 0 bridgehead atoms. The summed E-state index contributed by atoms with van der Waals surface area (Å²) >= 11 is 0. The number of methoxy groups -OCH3 is 2. The van der Waals surface area contributed by atoms with Gasteiger partial charge in [-0.15, -0.1) is 0 Å². The fourth-order valence-electron chi connectivity index (χ4n) is 2.06. The summed E-state index contributed by atoms with van der Waals surface area (Å²) in [5, 5.41) is 5.79. The third-order valence-corrected chi connectivity index (χ3v) is 3.25. The highest BCUT2D eigenvalue weighted by atomic mass is 16.5. The first-order valence-electron chi connectivity index (χ1n) is 7.61. The summed E-state index contributed by atoms with van der Waals surface area (Å²) in [5.41, 5.74) is 1.19. The molecule has 0 aliphatic carbocycles. The van der Waals surface area contributed by atoms with Gasteiger partial charge in [0.1, 0.15) is 17.3 Å². The number of rotatable bonds is 7. The lowest BCUT2D eigenvalue weighted by Gasteiger charge is -2.09. The van der Waals surface area contributed by atoms with Crippen molar-refractivity contribution in [3.63, 3.8) is 0 Å². The number of nitrogens with zero attached hydrogens (tertiary/aromatic N) is 2. The summed E-state index contributed by atoms with van der Waals surface area (Å²) in [6.45, 7) is 2.81. The Balaban J connectivity index is 2.08. The minimum atomic E-state index is -0.434. The molecule has 1 aromatic heterocycles. The van der Waals surface area contributed by atoms with E-state index in [0.717, 1.165) is 0 Å². The van der Waals surface area contributed by atoms with Gasteiger partial charge in [0.05, 0.1) is 19.3 Å². The Labute approximate surface area is 145 Å². The predicted octanol–water partition coefficient (Wildman–Crippen LogP) is 1.88. The van der Waals surface area contributed by atoms with E-state index in [9.17, 15) is 9.59 Å². The summed E-state index contributed by atoms with van der Waals surface area (Å²) in [6.07, 6.45) is 0. The van der Waals surface area contributed by atoms with Crippen molar-refractivity contribution >= 4 is 23.4 Å². The summed E-state index contributed by atoms with van der Waals surface area (Å²) in [7, 11) is 2.92. The molecule has 1 amide bonds. The first-order chi connectivity index (χ1) is 12.0. The van der Waals surface area contributed by atoms with E-state index in [4.69, 9.17) is 4.74 Å². The van der Waals surface area contributed by atoms with E-state index < -0.39 is 5.97 Å². The number of nitrogens with one attached hydrogen (secondary N) is 2. The average molecular weight is 344 g/mol. The molecule has 2 N–H and O–H groups in total. The van der Waals surface area contributed by atoms with Gasteiger partial charge in [0, 0.05) is 25.4 Å². The lowest BCUT2D eigenvalue weighted by Crippen LogP contribution is -2.17. The fourth-order valence-corrected chi connectivity index (χ4v) is 2.06. The second kappa shape index (κ2) is 8.74. The van der Waals surface area contributed by atoms with Gasteiger partial charge in [0.25, 0.3) is 5.91 Å². The molecule has 1 heterocycles. The van der Waals surface area contributed by atoms with E-state index in [1.807, 2.05) is 0 Å². The maximum atomic E-state index is 12.4. The standard InChI is InChI=1S/C17H20N4O4/c1-11-19-14(10-15(20-11)18-8-9-24-2)16(22)21-13-6-4-12(5-7-13)17(23)25-3/h4-7,10H,8-9H2,1-3H3,(H,21,22)(H,18,19,20). The van der Waals surface area contributed by atoms with Crippen LogP contribution in [-0.4, -0.2) is 49.2 Å². The Kier molecular flexibility index (Phi) is 6.41. The van der Waals surface area contributed by atoms with Crippen LogP contribution in [0.25, 0.3) is 0 Å². The van der Waals surface area contributed by atoms with Gasteiger partial charge in [-0.3, -0.25) is 4.79 Å². The summed E-state index contributed by atoms with van der Waals surface area (Å²) in [5.74, 6) is 0.228. The van der Waals surface area contributed by atoms with Crippen molar-refractivity contribution in [2.75, 3.05) is 38.0 Å². The molecule has 0 atom stereocenters. The molecule has 8 heteroatoms. The fraction of sp³-hybridized carbons (Fsp3) is 0.294. The number of esters is 1. The van der Waals surface area contributed by atoms with E-state index in [0.29, 0.717) is 36.0 Å². The lowest BCUT2D eigenvalue weighted by molar-refractivity contribution is 0.0600. The zero-order valence-corrected chi connectivity index (χ0v) is 14.3. The molecule has 0 aliphatic heterocycles. The van der Waals surface area contributed by atoms with Crippen LogP contribution < -0.4 is 10.6 Å². The Bertz CT molecular complexity index is 747. The summed E-state index contributed by atoms with van der Waals surface area (Å²) in [4.78, 5) is 32.2. The highest BCUT2D eigenvalue weighted by Crippen LogP contribution is 2.13. The predicted molar refractivity (Wildman–Crippen MR) is 92.9 cm³/mol. The molecule has 0 saturated heterocycles. The van der Waals surface area contributed by atoms with E-state index in [2.05, 4.69) is 25.3 Å². The first-order valence-corrected chi connectivity index (χ1v) is 7.61. The van der Waals surface area contributed by atoms with Crippen LogP contribution in [0.1, 0.15) is 26.7 Å². The topological polar surface area (TPSA) is 102 Å². The average Bonchev–Trinajstić information content (AvgIpc) is 2.61. The molecular weight excluding hydrogens is 324 g/mol. The Morgan fingerprint density at radius 3 is 2.48 bits per heavy atom. The smallest absolute Gasteiger partial charge is 0.337 e. The van der Waals surface area contributed by atoms with Crippen molar-refractivity contribution in [1.82, 2.24) is 9.97 Å². The van der Waals surface area contributed by atoms with Gasteiger partial charge >= 0.3 is 5.97 Å². The zero-order valence-electron chi connectivity index (χ0n) is 14.3. The number of amides is 1. The highest BCUT2D eigenvalue weighted by Gasteiger charge is 2.12. The quantitative estimate of drug-likeness (QED) is 0.584. The number of carbonyl (C=O) groups is 2. The Hall–Kier alpha value is -3.00. The van der Waals surface area contributed by atoms with Gasteiger partial charge in [0.15, 0.2) is 0 Å². The van der Waals surface area contributed by atoms with Crippen LogP contribution in [0.3, 0.4) is 0 Å². The molecule has 25 heavy (non-hydrogen) atoms. The van der Waals surface area contributed by atoms with Gasteiger partial charge in [-0.1, -0.05) is 0 Å². The molecule has 2 rings (SSSR count). The molecule has 0 fully saturated rings. The van der Waals surface area contributed by atoms with Crippen LogP contribution in [0.5, 0.6) is 0 Å². The van der Waals surface area contributed by atoms with Crippen LogP contribution in [-0.2, 0) is 9.47 Å². The van der Waals surface area contributed by atoms with Gasteiger partial charge < -0.3 is 20.1 Å². The van der Waals surface area contributed by atoms with Crippen LogP contribution in [0.2, 0.25) is 0 Å². The van der Waals surface area contributed by atoms with Crippen LogP contribution in [0.4, 0.5) is 11.5 Å². The normalized spacial score (nSPS) is 10.2. The van der Waals surface area contributed by atoms with Crippen molar-refractivity contribution in [3.8, 4) is 0 Å². The second-order valence-corrected chi connectivity index (χ2v) is 5.13. The zero-order chi connectivity index (χ0) is 18.2. The number of hydrogen-bond donors (Lipinski definition) is 2. The highest BCUT2D eigenvalue weighted by molar-refractivity contribution is 6.03. The maximum absolute atomic E-state index is 12.4. The molecule has 8 nitrogen and oxygen atoms in total. The van der Waals surface area contributed by atoms with E-state index in [1.165, 1.54) is 7.11 Å². The van der Waals surface area contributed by atoms with Crippen molar-refractivity contribution < 1.29 is 19.1 Å². The monoisotopic (exact) mass is 344 g/mol. The Morgan fingerprint density at radius 1 is 1.12 bits per heavy atom. The van der Waals surface area contributed by atoms with Gasteiger partial charge in [-0.25, -0.2) is 14.8 Å². The molecule has 0 aliphatic rings. The van der Waals surface area contributed by atoms with E-state index in [1.54, 1.807) is 44.4 Å². The number of aromatic nitrogens is 2. The number of aryl methyl sites for hydroxylation is 1. The largest absolute Gasteiger partial charge is 0.465 e. The first kappa shape index (κ1) is 18.3. The number of ether oxygens (including phenoxy) is 2. The maximum Gasteiger partial charge on any atom is 0.337 e. The second-order valence-electron chi connectivity index (χ2n) is 5.13. The molecule has 2 aromatic rings. The molecule has 0 radical (unpaired) electrons. The van der Waals surface area contributed by atoms with Gasteiger partial charge in [0.2, 0.25) is 0 Å². The van der Waals surface area contributed by atoms with E-state index in [-0.39, 0.29) is 11.6 Å². The minimum absolute atomic E-state index is 0.240. The lowest BCUT2D eigenvalue weighted by atomic mass is 10.2. The van der Waals surface area contributed by atoms with Crippen LogP contribution >= 0.6 is 0 Å². The number of anilines is 2. The molecule has 1 aromatic carbocycles. The third-order valence-electron chi connectivity index (χ3n) is 3.25. The third kappa shape index (κ3) is 5.25. The Morgan fingerprint density at radius 2 is 1.84 bits per heavy atom. The molecule has 0 saturated carbocycles. The van der Waals surface area contributed by atoms with Crippen molar-refractivity contribution in [3.05, 3.63) is 47.4 Å². The SMILES string of the molecule is COCCNc1cc(C(=O)Nc2ccc(C(=O)OC)cc2)nc(C)n1. The molecule has 132 valence electrons. The minimum Gasteiger partial charge on any atom is -0.465 e. The molecule has 0 spiro atoms.